The van der Waals surface area contributed by atoms with Crippen molar-refractivity contribution >= 4 is 46.3 Å². The molecule has 8 heteroatoms. The Morgan fingerprint density at radius 1 is 0.962 bits per heavy atom. The summed E-state index contributed by atoms with van der Waals surface area (Å²) in [4.78, 5) is 12.3. The van der Waals surface area contributed by atoms with Crippen molar-refractivity contribution < 1.29 is 4.79 Å². The Labute approximate surface area is 159 Å². The van der Waals surface area contributed by atoms with Crippen LogP contribution in [0, 0.1) is 11.3 Å². The molecule has 0 fully saturated rings. The van der Waals surface area contributed by atoms with Crippen LogP contribution in [0.5, 0.6) is 0 Å². The summed E-state index contributed by atoms with van der Waals surface area (Å²) >= 11 is 12.1. The molecule has 26 heavy (non-hydrogen) atoms. The zero-order chi connectivity index (χ0) is 18.5. The molecule has 3 rings (SSSR count). The fourth-order valence-corrected chi connectivity index (χ4v) is 2.58. The van der Waals surface area contributed by atoms with Crippen molar-refractivity contribution in [3.05, 3.63) is 75.9 Å². The van der Waals surface area contributed by atoms with E-state index in [2.05, 4.69) is 20.8 Å². The lowest BCUT2D eigenvalue weighted by Crippen LogP contribution is -2.15. The number of nitrogens with one attached hydrogen (secondary N) is 2. The molecule has 0 aliphatic carbocycles. The average Bonchev–Trinajstić information content (AvgIpc) is 2.66. The maximum absolute atomic E-state index is 12.3. The standard InChI is InChI=1S/C18H11Cl2N5O/c19-13-2-1-3-14(20)17(13)23-18(26)15-8-9-16(25-24-15)22-12-6-4-11(10-21)5-7-12/h1-9H,(H,22,25)(H,23,26). The van der Waals surface area contributed by atoms with Crippen LogP contribution in [0.1, 0.15) is 16.1 Å². The van der Waals surface area contributed by atoms with E-state index >= 15 is 0 Å². The number of halogens is 2. The van der Waals surface area contributed by atoms with Gasteiger partial charge in [-0.15, -0.1) is 10.2 Å². The molecule has 0 radical (unpaired) electrons. The van der Waals surface area contributed by atoms with E-state index in [1.807, 2.05) is 6.07 Å². The van der Waals surface area contributed by atoms with E-state index in [-0.39, 0.29) is 5.69 Å². The first-order valence-corrected chi connectivity index (χ1v) is 8.18. The minimum Gasteiger partial charge on any atom is -0.339 e. The maximum Gasteiger partial charge on any atom is 0.276 e. The number of nitriles is 1. The van der Waals surface area contributed by atoms with Gasteiger partial charge in [0.2, 0.25) is 0 Å². The van der Waals surface area contributed by atoms with Gasteiger partial charge >= 0.3 is 0 Å². The number of amides is 1. The number of rotatable bonds is 4. The summed E-state index contributed by atoms with van der Waals surface area (Å²) in [5.41, 5.74) is 1.75. The molecule has 0 bridgehead atoms. The van der Waals surface area contributed by atoms with Gasteiger partial charge in [-0.3, -0.25) is 4.79 Å². The normalized spacial score (nSPS) is 10.0. The number of anilines is 3. The van der Waals surface area contributed by atoms with Gasteiger partial charge in [0.05, 0.1) is 27.4 Å². The molecular formula is C18H11Cl2N5O. The molecule has 2 N–H and O–H groups in total. The summed E-state index contributed by atoms with van der Waals surface area (Å²) in [6.45, 7) is 0. The number of benzene rings is 2. The van der Waals surface area contributed by atoms with Gasteiger partial charge in [-0.2, -0.15) is 5.26 Å². The van der Waals surface area contributed by atoms with Crippen molar-refractivity contribution in [3.63, 3.8) is 0 Å². The highest BCUT2D eigenvalue weighted by molar-refractivity contribution is 6.39. The Morgan fingerprint density at radius 2 is 1.65 bits per heavy atom. The summed E-state index contributed by atoms with van der Waals surface area (Å²) < 4.78 is 0. The lowest BCUT2D eigenvalue weighted by atomic mass is 10.2. The molecule has 0 atom stereocenters. The Kier molecular flexibility index (Phi) is 5.32. The molecular weight excluding hydrogens is 373 g/mol. The van der Waals surface area contributed by atoms with Crippen LogP contribution in [0.4, 0.5) is 17.2 Å². The molecule has 3 aromatic rings. The molecule has 128 valence electrons. The summed E-state index contributed by atoms with van der Waals surface area (Å²) in [6.07, 6.45) is 0. The highest BCUT2D eigenvalue weighted by Crippen LogP contribution is 2.30. The molecule has 0 aliphatic rings. The van der Waals surface area contributed by atoms with E-state index in [9.17, 15) is 4.79 Å². The quantitative estimate of drug-likeness (QED) is 0.683. The van der Waals surface area contributed by atoms with Gasteiger partial charge in [0, 0.05) is 5.69 Å². The Balaban J connectivity index is 1.70. The predicted octanol–water partition coefficient (Wildman–Crippen LogP) is 4.65. The second kappa shape index (κ2) is 7.83. The van der Waals surface area contributed by atoms with Crippen LogP contribution in [0.25, 0.3) is 0 Å². The predicted molar refractivity (Wildman–Crippen MR) is 101 cm³/mol. The number of hydrogen-bond donors (Lipinski definition) is 2. The molecule has 2 aromatic carbocycles. The lowest BCUT2D eigenvalue weighted by molar-refractivity contribution is 0.102. The van der Waals surface area contributed by atoms with Crippen LogP contribution in [0.15, 0.2) is 54.6 Å². The molecule has 1 amide bonds. The summed E-state index contributed by atoms with van der Waals surface area (Å²) in [5, 5.41) is 23.0. The van der Waals surface area contributed by atoms with Gasteiger partial charge in [0.15, 0.2) is 11.5 Å². The fraction of sp³-hybridized carbons (Fsp3) is 0. The van der Waals surface area contributed by atoms with Crippen LogP contribution in [0.2, 0.25) is 10.0 Å². The number of carbonyl (C=O) groups is 1. The summed E-state index contributed by atoms with van der Waals surface area (Å²) in [7, 11) is 0. The third-order valence-corrected chi connectivity index (χ3v) is 4.01. The van der Waals surface area contributed by atoms with Crippen molar-refractivity contribution in [2.24, 2.45) is 0 Å². The number of aromatic nitrogens is 2. The van der Waals surface area contributed by atoms with Crippen LogP contribution >= 0.6 is 23.2 Å². The van der Waals surface area contributed by atoms with Crippen LogP contribution in [0.3, 0.4) is 0 Å². The van der Waals surface area contributed by atoms with Crippen LogP contribution in [-0.4, -0.2) is 16.1 Å². The monoisotopic (exact) mass is 383 g/mol. The molecule has 0 spiro atoms. The van der Waals surface area contributed by atoms with E-state index in [1.54, 1.807) is 48.5 Å². The Bertz CT molecular complexity index is 962. The second-order valence-electron chi connectivity index (χ2n) is 5.17. The van der Waals surface area contributed by atoms with Crippen molar-refractivity contribution in [3.8, 4) is 6.07 Å². The highest BCUT2D eigenvalue weighted by atomic mass is 35.5. The van der Waals surface area contributed by atoms with E-state index < -0.39 is 5.91 Å². The van der Waals surface area contributed by atoms with Crippen LogP contribution < -0.4 is 10.6 Å². The minimum atomic E-state index is -0.475. The van der Waals surface area contributed by atoms with Gasteiger partial charge in [0.1, 0.15) is 0 Å². The number of carbonyl (C=O) groups excluding carboxylic acids is 1. The maximum atomic E-state index is 12.3. The van der Waals surface area contributed by atoms with Crippen molar-refractivity contribution in [1.29, 1.82) is 5.26 Å². The molecule has 1 heterocycles. The number of hydrogen-bond acceptors (Lipinski definition) is 5. The Hall–Kier alpha value is -3.14. The average molecular weight is 384 g/mol. The molecule has 1 aromatic heterocycles. The fourth-order valence-electron chi connectivity index (χ4n) is 2.09. The first-order valence-electron chi connectivity index (χ1n) is 7.43. The SMILES string of the molecule is N#Cc1ccc(Nc2ccc(C(=O)Nc3c(Cl)cccc3Cl)nn2)cc1. The number of para-hydroxylation sites is 1. The minimum absolute atomic E-state index is 0.117. The first-order chi connectivity index (χ1) is 12.6. The largest absolute Gasteiger partial charge is 0.339 e. The number of nitrogens with zero attached hydrogens (tertiary/aromatic N) is 3. The molecule has 0 saturated heterocycles. The van der Waals surface area contributed by atoms with Gasteiger partial charge in [-0.25, -0.2) is 0 Å². The summed E-state index contributed by atoms with van der Waals surface area (Å²) in [5.74, 6) is -0.0144. The van der Waals surface area contributed by atoms with Gasteiger partial charge in [-0.05, 0) is 48.5 Å². The first kappa shape index (κ1) is 17.7. The molecule has 0 saturated carbocycles. The molecule has 0 aliphatic heterocycles. The van der Waals surface area contributed by atoms with Gasteiger partial charge in [-0.1, -0.05) is 29.3 Å². The van der Waals surface area contributed by atoms with Crippen molar-refractivity contribution in [2.75, 3.05) is 10.6 Å². The van der Waals surface area contributed by atoms with E-state index in [0.717, 1.165) is 5.69 Å². The highest BCUT2D eigenvalue weighted by Gasteiger charge is 2.13. The third-order valence-electron chi connectivity index (χ3n) is 3.38. The topological polar surface area (TPSA) is 90.7 Å². The summed E-state index contributed by atoms with van der Waals surface area (Å²) in [6, 6.07) is 17.0. The van der Waals surface area contributed by atoms with Gasteiger partial charge < -0.3 is 10.6 Å². The van der Waals surface area contributed by atoms with Crippen LogP contribution in [-0.2, 0) is 0 Å². The third kappa shape index (κ3) is 4.09. The zero-order valence-electron chi connectivity index (χ0n) is 13.2. The smallest absolute Gasteiger partial charge is 0.276 e. The molecule has 0 unspecified atom stereocenters. The zero-order valence-corrected chi connectivity index (χ0v) is 14.7. The van der Waals surface area contributed by atoms with E-state index in [0.29, 0.717) is 27.1 Å². The second-order valence-corrected chi connectivity index (χ2v) is 5.98. The van der Waals surface area contributed by atoms with E-state index in [1.165, 1.54) is 6.07 Å². The van der Waals surface area contributed by atoms with E-state index in [4.69, 9.17) is 28.5 Å². The van der Waals surface area contributed by atoms with Crippen molar-refractivity contribution in [2.45, 2.75) is 0 Å². The van der Waals surface area contributed by atoms with Crippen molar-refractivity contribution in [1.82, 2.24) is 10.2 Å². The lowest BCUT2D eigenvalue weighted by Gasteiger charge is -2.09. The van der Waals surface area contributed by atoms with Gasteiger partial charge in [0.25, 0.3) is 5.91 Å². The Morgan fingerprint density at radius 3 is 2.23 bits per heavy atom. The molecule has 6 nitrogen and oxygen atoms in total.